The molecular weight excluding hydrogens is 498 g/mol. The summed E-state index contributed by atoms with van der Waals surface area (Å²) in [5.41, 5.74) is 1.13. The first-order chi connectivity index (χ1) is 25.1. The molecule has 0 radical (unpaired) electrons. The van der Waals surface area contributed by atoms with Crippen molar-refractivity contribution in [2.45, 2.75) is 61.5 Å². The monoisotopic (exact) mass is 551 g/mol. The molecule has 0 saturated heterocycles. The molecule has 2 aromatic heterocycles. The van der Waals surface area contributed by atoms with Gasteiger partial charge < -0.3 is 4.42 Å². The summed E-state index contributed by atoms with van der Waals surface area (Å²) in [5, 5.41) is 1.35. The lowest BCUT2D eigenvalue weighted by Gasteiger charge is -2.19. The number of rotatable bonds is 4. The lowest BCUT2D eigenvalue weighted by Crippen LogP contribution is -2.08. The van der Waals surface area contributed by atoms with E-state index in [4.69, 9.17) is 23.6 Å². The highest BCUT2D eigenvalue weighted by atomic mass is 16.3. The molecule has 2 nitrogen and oxygen atoms in total. The highest BCUT2D eigenvalue weighted by Gasteiger charge is 2.18. The second kappa shape index (κ2) is 10.0. The Labute approximate surface area is 263 Å². The topological polar surface area (TPSA) is 26.0 Å². The predicted molar refractivity (Wildman–Crippen MR) is 175 cm³/mol. The first-order valence-electron chi connectivity index (χ1n) is 20.4. The predicted octanol–water partition coefficient (Wildman–Crippen LogP) is 11.1. The number of fused-ring (bicyclic) bond motifs is 3. The van der Waals surface area contributed by atoms with Crippen LogP contribution in [-0.4, -0.2) is 4.98 Å². The lowest BCUT2D eigenvalue weighted by atomic mass is 9.87. The summed E-state index contributed by atoms with van der Waals surface area (Å²) < 4.78 is 124. The number of benzene rings is 4. The molecule has 0 saturated carbocycles. The zero-order chi connectivity index (χ0) is 40.8. The summed E-state index contributed by atoms with van der Waals surface area (Å²) >= 11 is 0. The molecule has 0 aliphatic carbocycles. The second-order valence-corrected chi connectivity index (χ2v) is 11.5. The summed E-state index contributed by atoms with van der Waals surface area (Å²) in [5.74, 6) is 0. The normalized spacial score (nSPS) is 18.6. The molecule has 0 N–H and O–H groups in total. The average Bonchev–Trinajstić information content (AvgIpc) is 3.45. The maximum absolute atomic E-state index is 8.66. The van der Waals surface area contributed by atoms with E-state index >= 15 is 0 Å². The molecule has 41 heavy (non-hydrogen) atoms. The maximum Gasteiger partial charge on any atom is 0.144 e. The summed E-state index contributed by atoms with van der Waals surface area (Å²) in [7, 11) is 0. The van der Waals surface area contributed by atoms with Gasteiger partial charge in [0.05, 0.1) is 5.69 Å². The lowest BCUT2D eigenvalue weighted by molar-refractivity contribution is 0.411. The molecule has 6 rings (SSSR count). The van der Waals surface area contributed by atoms with Crippen LogP contribution >= 0.6 is 0 Å². The third-order valence-corrected chi connectivity index (χ3v) is 7.14. The molecule has 0 bridgehead atoms. The van der Waals surface area contributed by atoms with Crippen LogP contribution in [0.4, 0.5) is 0 Å². The Balaban J connectivity index is 1.62. The van der Waals surface area contributed by atoms with Crippen molar-refractivity contribution in [2.75, 3.05) is 0 Å². The molecule has 2 heterocycles. The fraction of sp³-hybridized carbons (Fsp3) is 0.256. The van der Waals surface area contributed by atoms with Crippen LogP contribution in [0.15, 0.2) is 83.4 Å². The highest BCUT2D eigenvalue weighted by Crippen LogP contribution is 2.39. The number of nitrogens with zero attached hydrogens (tertiary/aromatic N) is 1. The van der Waals surface area contributed by atoms with Gasteiger partial charge >= 0.3 is 0 Å². The van der Waals surface area contributed by atoms with Crippen LogP contribution in [0, 0.1) is 39.7 Å². The zero-order valence-electron chi connectivity index (χ0n) is 37.4. The minimum atomic E-state index is -2.84. The van der Waals surface area contributed by atoms with Crippen LogP contribution in [0.2, 0.25) is 0 Å². The molecule has 206 valence electrons. The minimum Gasteiger partial charge on any atom is -0.455 e. The highest BCUT2D eigenvalue weighted by molar-refractivity contribution is 6.11. The minimum absolute atomic E-state index is 0.0594. The molecule has 0 aliphatic heterocycles. The fourth-order valence-corrected chi connectivity index (χ4v) is 5.39. The molecule has 2 heteroatoms. The Hall–Kier alpha value is -4.17. The van der Waals surface area contributed by atoms with Crippen molar-refractivity contribution in [2.24, 2.45) is 5.41 Å². The Morgan fingerprint density at radius 1 is 0.756 bits per heavy atom. The Morgan fingerprint density at radius 2 is 1.49 bits per heavy atom. The van der Waals surface area contributed by atoms with E-state index in [1.165, 1.54) is 24.3 Å². The van der Waals surface area contributed by atoms with Crippen molar-refractivity contribution >= 4 is 21.9 Å². The van der Waals surface area contributed by atoms with E-state index < -0.39 is 39.2 Å². The second-order valence-electron chi connectivity index (χ2n) is 11.5. The molecule has 0 spiro atoms. The number of furan rings is 1. The number of hydrogen-bond acceptors (Lipinski definition) is 2. The van der Waals surface area contributed by atoms with Crippen molar-refractivity contribution in [3.05, 3.63) is 112 Å². The van der Waals surface area contributed by atoms with Gasteiger partial charge in [-0.2, -0.15) is 0 Å². The van der Waals surface area contributed by atoms with Gasteiger partial charge in [0, 0.05) is 41.7 Å². The van der Waals surface area contributed by atoms with E-state index in [0.717, 1.165) is 6.20 Å². The van der Waals surface area contributed by atoms with Crippen LogP contribution in [0.25, 0.3) is 55.4 Å². The Kier molecular flexibility index (Phi) is 3.71. The molecule has 4 aromatic carbocycles. The van der Waals surface area contributed by atoms with Crippen LogP contribution in [0.1, 0.15) is 73.3 Å². The maximum atomic E-state index is 8.66. The van der Waals surface area contributed by atoms with E-state index in [1.807, 2.05) is 6.07 Å². The molecule has 0 aliphatic rings. The molecule has 0 unspecified atom stereocenters. The van der Waals surface area contributed by atoms with Crippen molar-refractivity contribution in [3.63, 3.8) is 0 Å². The molecule has 6 aromatic rings. The summed E-state index contributed by atoms with van der Waals surface area (Å²) in [4.78, 5) is 4.48. The quantitative estimate of drug-likeness (QED) is 0.218. The van der Waals surface area contributed by atoms with Gasteiger partial charge in [0.1, 0.15) is 11.2 Å². The summed E-state index contributed by atoms with van der Waals surface area (Å²) in [6.07, 6.45) is -0.603. The third-order valence-electron chi connectivity index (χ3n) is 7.14. The van der Waals surface area contributed by atoms with Gasteiger partial charge in [-0.05, 0) is 120 Å². The smallest absolute Gasteiger partial charge is 0.144 e. The summed E-state index contributed by atoms with van der Waals surface area (Å²) in [6.45, 7) is -3.71. The van der Waals surface area contributed by atoms with Gasteiger partial charge in [0.2, 0.25) is 0 Å². The zero-order valence-corrected chi connectivity index (χ0v) is 23.4. The number of aromatic nitrogens is 1. The first kappa shape index (κ1) is 15.2. The van der Waals surface area contributed by atoms with Crippen LogP contribution in [0.3, 0.4) is 0 Å². The number of para-hydroxylation sites is 1. The molecule has 0 amide bonds. The van der Waals surface area contributed by atoms with Gasteiger partial charge in [-0.25, -0.2) is 0 Å². The van der Waals surface area contributed by atoms with Crippen molar-refractivity contribution in [1.29, 1.82) is 0 Å². The number of pyridine rings is 1. The first-order valence-corrected chi connectivity index (χ1v) is 13.4. The van der Waals surface area contributed by atoms with Crippen LogP contribution in [0.5, 0.6) is 0 Å². The van der Waals surface area contributed by atoms with Gasteiger partial charge in [-0.3, -0.25) is 4.98 Å². The van der Waals surface area contributed by atoms with Gasteiger partial charge in [0.15, 0.2) is 0 Å². The van der Waals surface area contributed by atoms with Crippen LogP contribution in [-0.2, 0) is 6.37 Å². The van der Waals surface area contributed by atoms with Crippen molar-refractivity contribution in [3.8, 4) is 33.5 Å². The van der Waals surface area contributed by atoms with Gasteiger partial charge in [-0.1, -0.05) is 75.4 Å². The largest absolute Gasteiger partial charge is 0.455 e. The Bertz CT molecular complexity index is 2440. The summed E-state index contributed by atoms with van der Waals surface area (Å²) in [6, 6.07) is 18.4. The molecule has 0 fully saturated rings. The van der Waals surface area contributed by atoms with Gasteiger partial charge in [-0.15, -0.1) is 0 Å². The van der Waals surface area contributed by atoms with E-state index in [9.17, 15) is 0 Å². The van der Waals surface area contributed by atoms with Crippen LogP contribution < -0.4 is 0 Å². The Morgan fingerprint density at radius 3 is 2.22 bits per heavy atom. The average molecular weight is 552 g/mol. The number of aryl methyl sites for hydroxylation is 5. The van der Waals surface area contributed by atoms with Crippen molar-refractivity contribution < 1.29 is 23.6 Å². The van der Waals surface area contributed by atoms with E-state index in [2.05, 4.69) is 4.98 Å². The SMILES string of the molecule is [2H]C([2H])([2H])c1cc(C)c2c(c1)oc1c(-c3cc(-c4cc(C([2H])([2H])[2H])c(-c5ccc(C([2H])([2H])C(C)(C)C)cc5)cc4C([2H])([2H])[2H])c(C([2H])([2H])[2H])cn3)cccc12. The van der Waals surface area contributed by atoms with E-state index in [0.29, 0.717) is 44.2 Å². The third kappa shape index (κ3) is 5.08. The molecular formula is C39H39NO. The molecule has 0 atom stereocenters. The number of hydrogen-bond donors (Lipinski definition) is 0. The van der Waals surface area contributed by atoms with Crippen molar-refractivity contribution in [1.82, 2.24) is 4.98 Å². The fourth-order valence-electron chi connectivity index (χ4n) is 5.39. The standard InChI is InChI=1S/C39H39NO/c1-23-16-26(4)37-31-11-9-10-30(38(31)41-36(37)17-23)35-20-34(27(5)22-40-35)33-19-24(2)32(18-25(33)3)29-14-12-28(13-15-29)21-39(6,7)8/h9-20,22H,21H2,1-8H3/i1D3,2D3,3D3,5D3,21D2. The van der Waals surface area contributed by atoms with Gasteiger partial charge in [0.25, 0.3) is 0 Å². The van der Waals surface area contributed by atoms with E-state index in [1.54, 1.807) is 70.2 Å². The van der Waals surface area contributed by atoms with E-state index in [-0.39, 0.29) is 44.6 Å².